The third kappa shape index (κ3) is 3.20. The van der Waals surface area contributed by atoms with Crippen molar-refractivity contribution < 1.29 is 9.59 Å². The zero-order valence-corrected chi connectivity index (χ0v) is 16.2. The largest absolute Gasteiger partial charge is 0.369 e. The molecule has 2 aliphatic rings. The van der Waals surface area contributed by atoms with Gasteiger partial charge in [0.2, 0.25) is 11.8 Å². The van der Waals surface area contributed by atoms with Gasteiger partial charge in [-0.05, 0) is 31.0 Å². The van der Waals surface area contributed by atoms with E-state index in [0.717, 1.165) is 30.4 Å². The maximum atomic E-state index is 13.2. The van der Waals surface area contributed by atoms with Gasteiger partial charge in [0.05, 0.1) is 16.8 Å². The highest BCUT2D eigenvalue weighted by Crippen LogP contribution is 2.42. The van der Waals surface area contributed by atoms with Crippen molar-refractivity contribution in [2.24, 2.45) is 16.1 Å². The first kappa shape index (κ1) is 18.7. The Morgan fingerprint density at radius 3 is 2.50 bits per heavy atom. The molecule has 1 heterocycles. The average Bonchev–Trinajstić information content (AvgIpc) is 2.84. The number of carbonyl (C=O) groups excluding carboxylic acids is 2. The van der Waals surface area contributed by atoms with Crippen molar-refractivity contribution in [3.05, 3.63) is 64.7 Å². The molecule has 4 rings (SSSR count). The van der Waals surface area contributed by atoms with Gasteiger partial charge in [-0.2, -0.15) is 0 Å². The minimum Gasteiger partial charge on any atom is -0.369 e. The molecule has 1 aliphatic heterocycles. The Labute approximate surface area is 169 Å². The molecule has 1 saturated carbocycles. The van der Waals surface area contributed by atoms with Crippen molar-refractivity contribution in [3.8, 4) is 0 Å². The molecule has 144 valence electrons. The van der Waals surface area contributed by atoms with Gasteiger partial charge in [0.1, 0.15) is 6.04 Å². The highest BCUT2D eigenvalue weighted by atomic mass is 35.5. The second kappa shape index (κ2) is 7.40. The molecule has 1 fully saturated rings. The Hall–Kier alpha value is -2.66. The Kier molecular flexibility index (Phi) is 4.94. The van der Waals surface area contributed by atoms with Crippen LogP contribution in [0.1, 0.15) is 43.2 Å². The number of benzodiazepines with no additional fused rings is 1. The lowest BCUT2D eigenvalue weighted by molar-refractivity contribution is -0.136. The van der Waals surface area contributed by atoms with Crippen LogP contribution >= 0.6 is 11.6 Å². The fourth-order valence-electron chi connectivity index (χ4n) is 4.32. The number of anilines is 1. The van der Waals surface area contributed by atoms with Crippen LogP contribution < -0.4 is 11.1 Å². The number of hydrogen-bond donors (Lipinski definition) is 2. The van der Waals surface area contributed by atoms with Crippen molar-refractivity contribution in [1.82, 2.24) is 0 Å². The van der Waals surface area contributed by atoms with Crippen molar-refractivity contribution >= 4 is 34.8 Å². The van der Waals surface area contributed by atoms with Crippen LogP contribution in [0.25, 0.3) is 0 Å². The van der Waals surface area contributed by atoms with E-state index in [0.29, 0.717) is 29.3 Å². The molecular formula is C22H22ClN3O2. The van der Waals surface area contributed by atoms with E-state index in [-0.39, 0.29) is 5.91 Å². The lowest BCUT2D eigenvalue weighted by atomic mass is 9.68. The van der Waals surface area contributed by atoms with E-state index >= 15 is 0 Å². The van der Waals surface area contributed by atoms with Crippen molar-refractivity contribution in [3.63, 3.8) is 0 Å². The molecule has 3 N–H and O–H groups in total. The van der Waals surface area contributed by atoms with E-state index in [1.54, 1.807) is 12.1 Å². The summed E-state index contributed by atoms with van der Waals surface area (Å²) in [6.07, 6.45) is 3.91. The Morgan fingerprint density at radius 2 is 1.82 bits per heavy atom. The first-order valence-electron chi connectivity index (χ1n) is 9.55. The summed E-state index contributed by atoms with van der Waals surface area (Å²) >= 11 is 6.17. The van der Waals surface area contributed by atoms with Gasteiger partial charge >= 0.3 is 0 Å². The SMILES string of the molecule is NC(=O)C1(C2N=C(c3ccccc3)c3ccc(Cl)cc3NC2=O)CCCCC1. The van der Waals surface area contributed by atoms with Crippen molar-refractivity contribution in [2.45, 2.75) is 38.1 Å². The van der Waals surface area contributed by atoms with Crippen LogP contribution in [0.15, 0.2) is 53.5 Å². The topological polar surface area (TPSA) is 84.6 Å². The number of rotatable bonds is 3. The van der Waals surface area contributed by atoms with E-state index < -0.39 is 17.4 Å². The number of carbonyl (C=O) groups is 2. The summed E-state index contributed by atoms with van der Waals surface area (Å²) in [5, 5.41) is 3.46. The number of primary amides is 1. The molecule has 2 aromatic rings. The van der Waals surface area contributed by atoms with E-state index in [4.69, 9.17) is 22.3 Å². The number of nitrogens with zero attached hydrogens (tertiary/aromatic N) is 1. The third-order valence-corrected chi connectivity index (χ3v) is 6.04. The molecule has 28 heavy (non-hydrogen) atoms. The highest BCUT2D eigenvalue weighted by Gasteiger charge is 2.49. The zero-order valence-electron chi connectivity index (χ0n) is 15.5. The van der Waals surface area contributed by atoms with Crippen LogP contribution in [-0.2, 0) is 9.59 Å². The van der Waals surface area contributed by atoms with Gasteiger partial charge in [-0.25, -0.2) is 0 Å². The molecule has 0 aromatic heterocycles. The van der Waals surface area contributed by atoms with Gasteiger partial charge in [0.25, 0.3) is 0 Å². The molecule has 2 aromatic carbocycles. The number of aliphatic imine (C=N–C) groups is 1. The maximum Gasteiger partial charge on any atom is 0.250 e. The third-order valence-electron chi connectivity index (χ3n) is 5.81. The molecule has 1 atom stereocenters. The maximum absolute atomic E-state index is 13.2. The van der Waals surface area contributed by atoms with Gasteiger partial charge in [0.15, 0.2) is 0 Å². The molecule has 1 aliphatic carbocycles. The molecular weight excluding hydrogens is 374 g/mol. The zero-order chi connectivity index (χ0) is 19.7. The van der Waals surface area contributed by atoms with Crippen molar-refractivity contribution in [2.75, 3.05) is 5.32 Å². The smallest absolute Gasteiger partial charge is 0.250 e. The Morgan fingerprint density at radius 1 is 1.11 bits per heavy atom. The highest BCUT2D eigenvalue weighted by molar-refractivity contribution is 6.31. The number of benzene rings is 2. The molecule has 0 radical (unpaired) electrons. The summed E-state index contributed by atoms with van der Waals surface area (Å²) in [6.45, 7) is 0. The van der Waals surface area contributed by atoms with Gasteiger partial charge in [-0.1, -0.05) is 61.2 Å². The minimum atomic E-state index is -0.964. The van der Waals surface area contributed by atoms with Gasteiger partial charge in [-0.15, -0.1) is 0 Å². The number of fused-ring (bicyclic) bond motifs is 1. The van der Waals surface area contributed by atoms with Crippen LogP contribution in [-0.4, -0.2) is 23.6 Å². The van der Waals surface area contributed by atoms with Crippen LogP contribution in [0.4, 0.5) is 5.69 Å². The van der Waals surface area contributed by atoms with E-state index in [9.17, 15) is 9.59 Å². The monoisotopic (exact) mass is 395 g/mol. The minimum absolute atomic E-state index is 0.310. The van der Waals surface area contributed by atoms with E-state index in [1.165, 1.54) is 0 Å². The number of nitrogens with one attached hydrogen (secondary N) is 1. The fraction of sp³-hybridized carbons (Fsp3) is 0.318. The van der Waals surface area contributed by atoms with Crippen LogP contribution in [0.2, 0.25) is 5.02 Å². The number of hydrogen-bond acceptors (Lipinski definition) is 3. The number of amides is 2. The summed E-state index contributed by atoms with van der Waals surface area (Å²) < 4.78 is 0. The first-order chi connectivity index (χ1) is 13.5. The summed E-state index contributed by atoms with van der Waals surface area (Å²) in [6, 6.07) is 14.1. The standard InChI is InChI=1S/C22H22ClN3O2/c23-15-9-10-16-17(13-15)25-20(27)19(22(21(24)28)11-5-2-6-12-22)26-18(16)14-7-3-1-4-8-14/h1,3-4,7-10,13,19H,2,5-6,11-12H2,(H2,24,28)(H,25,27). The molecule has 0 spiro atoms. The second-order valence-electron chi connectivity index (χ2n) is 7.51. The summed E-state index contributed by atoms with van der Waals surface area (Å²) in [4.78, 5) is 30.6. The summed E-state index contributed by atoms with van der Waals surface area (Å²) in [5.41, 5.74) is 7.81. The van der Waals surface area contributed by atoms with Gasteiger partial charge in [-0.3, -0.25) is 14.6 Å². The Bertz CT molecular complexity index is 950. The lowest BCUT2D eigenvalue weighted by Gasteiger charge is -2.37. The number of halogens is 1. The van der Waals surface area contributed by atoms with E-state index in [2.05, 4.69) is 5.32 Å². The van der Waals surface area contributed by atoms with E-state index in [1.807, 2.05) is 36.4 Å². The molecule has 1 unspecified atom stereocenters. The summed E-state index contributed by atoms with van der Waals surface area (Å²) in [5.74, 6) is -0.761. The predicted molar refractivity (Wildman–Crippen MR) is 111 cm³/mol. The van der Waals surface area contributed by atoms with Crippen LogP contribution in [0, 0.1) is 5.41 Å². The number of nitrogens with two attached hydrogens (primary N) is 1. The van der Waals surface area contributed by atoms with Crippen molar-refractivity contribution in [1.29, 1.82) is 0 Å². The Balaban J connectivity index is 1.92. The average molecular weight is 396 g/mol. The van der Waals surface area contributed by atoms with Gasteiger partial charge in [0, 0.05) is 16.1 Å². The van der Waals surface area contributed by atoms with Crippen LogP contribution in [0.5, 0.6) is 0 Å². The molecule has 0 bridgehead atoms. The normalized spacial score (nSPS) is 21.1. The second-order valence-corrected chi connectivity index (χ2v) is 7.94. The molecule has 0 saturated heterocycles. The lowest BCUT2D eigenvalue weighted by Crippen LogP contribution is -2.51. The van der Waals surface area contributed by atoms with Crippen LogP contribution in [0.3, 0.4) is 0 Å². The summed E-state index contributed by atoms with van der Waals surface area (Å²) in [7, 11) is 0. The fourth-order valence-corrected chi connectivity index (χ4v) is 4.49. The molecule has 2 amide bonds. The molecule has 5 nitrogen and oxygen atoms in total. The first-order valence-corrected chi connectivity index (χ1v) is 9.93. The molecule has 6 heteroatoms. The predicted octanol–water partition coefficient (Wildman–Crippen LogP) is 3.93. The van der Waals surface area contributed by atoms with Gasteiger partial charge < -0.3 is 11.1 Å². The quantitative estimate of drug-likeness (QED) is 0.824.